The second kappa shape index (κ2) is 6.40. The predicted octanol–water partition coefficient (Wildman–Crippen LogP) is 1.92. The van der Waals surface area contributed by atoms with Crippen LogP contribution >= 0.6 is 0 Å². The number of anilines is 1. The minimum atomic E-state index is -0.248. The van der Waals surface area contributed by atoms with Gasteiger partial charge in [-0.1, -0.05) is 18.2 Å². The van der Waals surface area contributed by atoms with Gasteiger partial charge < -0.3 is 15.2 Å². The van der Waals surface area contributed by atoms with E-state index in [0.29, 0.717) is 12.3 Å². The van der Waals surface area contributed by atoms with Crippen LogP contribution in [-0.2, 0) is 20.7 Å². The minimum Gasteiger partial charge on any atom is -0.463 e. The first kappa shape index (κ1) is 12.9. The Kier molecular flexibility index (Phi) is 4.59. The van der Waals surface area contributed by atoms with Crippen molar-refractivity contribution < 1.29 is 14.3 Å². The Morgan fingerprint density at radius 3 is 2.94 bits per heavy atom. The van der Waals surface area contributed by atoms with E-state index in [1.807, 2.05) is 18.2 Å². The van der Waals surface area contributed by atoms with Gasteiger partial charge in [-0.3, -0.25) is 4.79 Å². The second-order valence-corrected chi connectivity index (χ2v) is 4.55. The van der Waals surface area contributed by atoms with Crippen molar-refractivity contribution in [2.24, 2.45) is 0 Å². The number of nitrogen functional groups attached to an aromatic ring is 1. The normalized spacial score (nSPS) is 19.4. The van der Waals surface area contributed by atoms with Gasteiger partial charge in [-0.05, 0) is 30.9 Å². The van der Waals surface area contributed by atoms with Crippen molar-refractivity contribution in [1.82, 2.24) is 0 Å². The molecule has 1 aliphatic heterocycles. The molecule has 1 aromatic carbocycles. The summed E-state index contributed by atoms with van der Waals surface area (Å²) < 4.78 is 10.7. The fourth-order valence-electron chi connectivity index (χ4n) is 2.03. The summed E-state index contributed by atoms with van der Waals surface area (Å²) in [5, 5.41) is 0. The van der Waals surface area contributed by atoms with Gasteiger partial charge in [0, 0.05) is 12.3 Å². The van der Waals surface area contributed by atoms with Crippen LogP contribution in [0.1, 0.15) is 24.8 Å². The van der Waals surface area contributed by atoms with E-state index in [-0.39, 0.29) is 18.5 Å². The summed E-state index contributed by atoms with van der Waals surface area (Å²) in [5.74, 6) is -0.248. The van der Waals surface area contributed by atoms with Gasteiger partial charge in [-0.15, -0.1) is 0 Å². The quantitative estimate of drug-likeness (QED) is 0.654. The molecule has 18 heavy (non-hydrogen) atoms. The molecule has 98 valence electrons. The molecule has 2 N–H and O–H groups in total. The number of nitrogens with two attached hydrogens (primary N) is 1. The number of carbonyl (C=O) groups is 1. The molecule has 0 radical (unpaired) electrons. The number of esters is 1. The van der Waals surface area contributed by atoms with Crippen LogP contribution in [0.5, 0.6) is 0 Å². The molecule has 1 aliphatic rings. The molecule has 0 aromatic heterocycles. The zero-order valence-corrected chi connectivity index (χ0v) is 10.4. The molecule has 0 saturated carbocycles. The first-order valence-electron chi connectivity index (χ1n) is 6.36. The third kappa shape index (κ3) is 3.74. The summed E-state index contributed by atoms with van der Waals surface area (Å²) in [6, 6.07) is 7.34. The molecule has 2 rings (SSSR count). The van der Waals surface area contributed by atoms with Gasteiger partial charge in [0.15, 0.2) is 0 Å². The summed E-state index contributed by atoms with van der Waals surface area (Å²) in [7, 11) is 0. The Hall–Kier alpha value is -1.55. The zero-order valence-electron chi connectivity index (χ0n) is 10.4. The number of hydrogen-bond acceptors (Lipinski definition) is 4. The maximum Gasteiger partial charge on any atom is 0.310 e. The van der Waals surface area contributed by atoms with Crippen molar-refractivity contribution in [3.05, 3.63) is 29.8 Å². The topological polar surface area (TPSA) is 61.6 Å². The summed E-state index contributed by atoms with van der Waals surface area (Å²) in [5.41, 5.74) is 7.22. The SMILES string of the molecule is Nc1ccccc1CC(=O)OCC1CCCCO1. The highest BCUT2D eigenvalue weighted by atomic mass is 16.6. The zero-order chi connectivity index (χ0) is 12.8. The summed E-state index contributed by atoms with van der Waals surface area (Å²) >= 11 is 0. The van der Waals surface area contributed by atoms with Crippen molar-refractivity contribution >= 4 is 11.7 Å². The molecule has 0 spiro atoms. The Bertz CT molecular complexity index is 400. The predicted molar refractivity (Wildman–Crippen MR) is 69.1 cm³/mol. The van der Waals surface area contributed by atoms with Crippen molar-refractivity contribution in [2.75, 3.05) is 18.9 Å². The first-order chi connectivity index (χ1) is 8.75. The maximum atomic E-state index is 11.7. The smallest absolute Gasteiger partial charge is 0.310 e. The van der Waals surface area contributed by atoms with Crippen LogP contribution in [0.4, 0.5) is 5.69 Å². The van der Waals surface area contributed by atoms with Crippen LogP contribution in [-0.4, -0.2) is 25.3 Å². The number of ether oxygens (including phenoxy) is 2. The number of para-hydroxylation sites is 1. The van der Waals surface area contributed by atoms with Gasteiger partial charge in [0.1, 0.15) is 6.61 Å². The summed E-state index contributed by atoms with van der Waals surface area (Å²) in [4.78, 5) is 11.7. The van der Waals surface area contributed by atoms with Crippen molar-refractivity contribution in [3.63, 3.8) is 0 Å². The molecular weight excluding hydrogens is 230 g/mol. The fourth-order valence-corrected chi connectivity index (χ4v) is 2.03. The van der Waals surface area contributed by atoms with Crippen molar-refractivity contribution in [3.8, 4) is 0 Å². The van der Waals surface area contributed by atoms with Crippen molar-refractivity contribution in [1.29, 1.82) is 0 Å². The van der Waals surface area contributed by atoms with Gasteiger partial charge in [-0.25, -0.2) is 0 Å². The molecule has 0 amide bonds. The van der Waals surface area contributed by atoms with Crippen LogP contribution in [0.2, 0.25) is 0 Å². The Morgan fingerprint density at radius 1 is 1.39 bits per heavy atom. The van der Waals surface area contributed by atoms with E-state index in [2.05, 4.69) is 0 Å². The Balaban J connectivity index is 1.76. The highest BCUT2D eigenvalue weighted by Crippen LogP contribution is 2.14. The van der Waals surface area contributed by atoms with Gasteiger partial charge in [0.2, 0.25) is 0 Å². The van der Waals surface area contributed by atoms with E-state index in [1.165, 1.54) is 0 Å². The lowest BCUT2D eigenvalue weighted by Crippen LogP contribution is -2.26. The Labute approximate surface area is 107 Å². The highest BCUT2D eigenvalue weighted by molar-refractivity contribution is 5.74. The van der Waals surface area contributed by atoms with E-state index in [4.69, 9.17) is 15.2 Å². The lowest BCUT2D eigenvalue weighted by molar-refractivity contribution is -0.148. The van der Waals surface area contributed by atoms with Crippen LogP contribution in [0.3, 0.4) is 0 Å². The monoisotopic (exact) mass is 249 g/mol. The van der Waals surface area contributed by atoms with E-state index in [1.54, 1.807) is 6.07 Å². The largest absolute Gasteiger partial charge is 0.463 e. The van der Waals surface area contributed by atoms with E-state index < -0.39 is 0 Å². The van der Waals surface area contributed by atoms with Gasteiger partial charge in [0.05, 0.1) is 12.5 Å². The summed E-state index contributed by atoms with van der Waals surface area (Å²) in [6.45, 7) is 1.12. The lowest BCUT2D eigenvalue weighted by atomic mass is 10.1. The number of benzene rings is 1. The molecular formula is C14H19NO3. The molecule has 0 aliphatic carbocycles. The highest BCUT2D eigenvalue weighted by Gasteiger charge is 2.16. The van der Waals surface area contributed by atoms with E-state index >= 15 is 0 Å². The number of carbonyl (C=O) groups excluding carboxylic acids is 1. The number of hydrogen-bond donors (Lipinski definition) is 1. The molecule has 1 saturated heterocycles. The average molecular weight is 249 g/mol. The first-order valence-corrected chi connectivity index (χ1v) is 6.36. The molecule has 1 atom stereocenters. The van der Waals surface area contributed by atoms with Crippen LogP contribution in [0.25, 0.3) is 0 Å². The van der Waals surface area contributed by atoms with E-state index in [9.17, 15) is 4.79 Å². The lowest BCUT2D eigenvalue weighted by Gasteiger charge is -2.22. The molecule has 4 nitrogen and oxygen atoms in total. The van der Waals surface area contributed by atoms with E-state index in [0.717, 1.165) is 31.4 Å². The van der Waals surface area contributed by atoms with Crippen molar-refractivity contribution in [2.45, 2.75) is 31.8 Å². The fraction of sp³-hybridized carbons (Fsp3) is 0.500. The average Bonchev–Trinajstić information content (AvgIpc) is 2.40. The van der Waals surface area contributed by atoms with Gasteiger partial charge >= 0.3 is 5.97 Å². The van der Waals surface area contributed by atoms with Crippen LogP contribution < -0.4 is 5.73 Å². The number of rotatable bonds is 4. The Morgan fingerprint density at radius 2 is 2.22 bits per heavy atom. The molecule has 1 unspecified atom stereocenters. The van der Waals surface area contributed by atoms with Gasteiger partial charge in [-0.2, -0.15) is 0 Å². The second-order valence-electron chi connectivity index (χ2n) is 4.55. The minimum absolute atomic E-state index is 0.0656. The maximum absolute atomic E-state index is 11.7. The summed E-state index contributed by atoms with van der Waals surface area (Å²) in [6.07, 6.45) is 3.51. The molecule has 1 heterocycles. The molecule has 1 aromatic rings. The van der Waals surface area contributed by atoms with Crippen LogP contribution in [0.15, 0.2) is 24.3 Å². The van der Waals surface area contributed by atoms with Crippen LogP contribution in [0, 0.1) is 0 Å². The van der Waals surface area contributed by atoms with Gasteiger partial charge in [0.25, 0.3) is 0 Å². The third-order valence-electron chi connectivity index (χ3n) is 3.09. The molecule has 0 bridgehead atoms. The standard InChI is InChI=1S/C14H19NO3/c15-13-7-2-1-5-11(13)9-14(16)18-10-12-6-3-4-8-17-12/h1-2,5,7,12H,3-4,6,8-10,15H2. The third-order valence-corrected chi connectivity index (χ3v) is 3.09. The molecule has 4 heteroatoms. The molecule has 1 fully saturated rings.